The number of benzene rings is 1. The lowest BCUT2D eigenvalue weighted by Crippen LogP contribution is -2.33. The molecule has 0 fully saturated rings. The number of anilines is 1. The summed E-state index contributed by atoms with van der Waals surface area (Å²) in [6.45, 7) is 2.42. The number of nitrogens with two attached hydrogens (primary N) is 1. The molecule has 7 nitrogen and oxygen atoms in total. The molecule has 0 saturated carbocycles. The van der Waals surface area contributed by atoms with Crippen LogP contribution in [0.5, 0.6) is 5.75 Å². The summed E-state index contributed by atoms with van der Waals surface area (Å²) in [5.74, 6) is 0.153. The second kappa shape index (κ2) is 8.48. The maximum Gasteiger partial charge on any atom is 0.221 e. The summed E-state index contributed by atoms with van der Waals surface area (Å²) in [4.78, 5) is 11.2. The highest BCUT2D eigenvalue weighted by Crippen LogP contribution is 2.14. The van der Waals surface area contributed by atoms with Gasteiger partial charge in [0.2, 0.25) is 15.9 Å². The number of nitrogen functional groups attached to an aromatic ring is 1. The molecule has 4 N–H and O–H groups in total. The third-order valence-electron chi connectivity index (χ3n) is 2.53. The molecule has 1 amide bonds. The summed E-state index contributed by atoms with van der Waals surface area (Å²) >= 11 is 0. The Morgan fingerprint density at radius 1 is 1.38 bits per heavy atom. The van der Waals surface area contributed by atoms with Crippen LogP contribution in [-0.2, 0) is 14.8 Å². The monoisotopic (exact) mass is 315 g/mol. The van der Waals surface area contributed by atoms with Crippen LogP contribution in [0.15, 0.2) is 24.3 Å². The molecule has 0 bridgehead atoms. The molecule has 0 aliphatic heterocycles. The predicted molar refractivity (Wildman–Crippen MR) is 81.4 cm³/mol. The van der Waals surface area contributed by atoms with E-state index in [-0.39, 0.29) is 31.2 Å². The molecule has 0 atom stereocenters. The second-order valence-electron chi connectivity index (χ2n) is 4.34. The van der Waals surface area contributed by atoms with Gasteiger partial charge in [0, 0.05) is 31.3 Å². The van der Waals surface area contributed by atoms with E-state index in [0.717, 1.165) is 0 Å². The highest BCUT2D eigenvalue weighted by molar-refractivity contribution is 7.89. The van der Waals surface area contributed by atoms with Crippen LogP contribution in [0, 0.1) is 0 Å². The molecular formula is C13H21N3O4S. The first kappa shape index (κ1) is 17.3. The SMILES string of the molecule is CCNC(=O)CCNS(=O)(=O)CCOc1cccc(N)c1. The molecule has 0 heterocycles. The zero-order chi connectivity index (χ0) is 15.7. The fraction of sp³-hybridized carbons (Fsp3) is 0.462. The topological polar surface area (TPSA) is 111 Å². The summed E-state index contributed by atoms with van der Waals surface area (Å²) in [6.07, 6.45) is 0.114. The van der Waals surface area contributed by atoms with E-state index in [4.69, 9.17) is 10.5 Å². The number of hydrogen-bond donors (Lipinski definition) is 3. The minimum absolute atomic E-state index is 0.0138. The van der Waals surface area contributed by atoms with Crippen molar-refractivity contribution in [3.63, 3.8) is 0 Å². The van der Waals surface area contributed by atoms with Crippen LogP contribution in [0.4, 0.5) is 5.69 Å². The quantitative estimate of drug-likeness (QED) is 0.560. The highest BCUT2D eigenvalue weighted by atomic mass is 32.2. The molecule has 21 heavy (non-hydrogen) atoms. The third kappa shape index (κ3) is 7.52. The Morgan fingerprint density at radius 2 is 2.14 bits per heavy atom. The number of nitrogens with one attached hydrogen (secondary N) is 2. The number of rotatable bonds is 9. The maximum absolute atomic E-state index is 11.7. The Kier molecular flexibility index (Phi) is 6.97. The van der Waals surface area contributed by atoms with Gasteiger partial charge in [0.25, 0.3) is 0 Å². The first-order valence-corrected chi connectivity index (χ1v) is 8.30. The lowest BCUT2D eigenvalue weighted by molar-refractivity contribution is -0.120. The van der Waals surface area contributed by atoms with Crippen LogP contribution in [0.25, 0.3) is 0 Å². The van der Waals surface area contributed by atoms with Crippen molar-refractivity contribution in [1.29, 1.82) is 0 Å². The van der Waals surface area contributed by atoms with Gasteiger partial charge < -0.3 is 15.8 Å². The lowest BCUT2D eigenvalue weighted by Gasteiger charge is -2.09. The van der Waals surface area contributed by atoms with E-state index in [9.17, 15) is 13.2 Å². The maximum atomic E-state index is 11.7. The largest absolute Gasteiger partial charge is 0.492 e. The van der Waals surface area contributed by atoms with Gasteiger partial charge in [0.05, 0.1) is 5.75 Å². The van der Waals surface area contributed by atoms with Gasteiger partial charge in [-0.1, -0.05) is 6.07 Å². The zero-order valence-electron chi connectivity index (χ0n) is 12.0. The van der Waals surface area contributed by atoms with Gasteiger partial charge in [-0.3, -0.25) is 4.79 Å². The Bertz CT molecular complexity index is 560. The van der Waals surface area contributed by atoms with E-state index in [1.807, 2.05) is 0 Å². The Balaban J connectivity index is 2.28. The Labute approximate surface area is 124 Å². The first-order chi connectivity index (χ1) is 9.93. The summed E-state index contributed by atoms with van der Waals surface area (Å²) in [5, 5.41) is 2.59. The molecule has 0 radical (unpaired) electrons. The molecule has 0 aliphatic carbocycles. The first-order valence-electron chi connectivity index (χ1n) is 6.65. The fourth-order valence-corrected chi connectivity index (χ4v) is 2.41. The van der Waals surface area contributed by atoms with E-state index in [2.05, 4.69) is 10.0 Å². The number of carbonyl (C=O) groups excluding carboxylic acids is 1. The zero-order valence-corrected chi connectivity index (χ0v) is 12.8. The van der Waals surface area contributed by atoms with Gasteiger partial charge in [0.15, 0.2) is 0 Å². The smallest absolute Gasteiger partial charge is 0.221 e. The van der Waals surface area contributed by atoms with Crippen molar-refractivity contribution in [3.05, 3.63) is 24.3 Å². The van der Waals surface area contributed by atoms with Crippen molar-refractivity contribution in [2.24, 2.45) is 0 Å². The van der Waals surface area contributed by atoms with Crippen LogP contribution >= 0.6 is 0 Å². The number of hydrogen-bond acceptors (Lipinski definition) is 5. The molecular weight excluding hydrogens is 294 g/mol. The van der Waals surface area contributed by atoms with Crippen molar-refractivity contribution in [2.45, 2.75) is 13.3 Å². The van der Waals surface area contributed by atoms with Gasteiger partial charge in [0.1, 0.15) is 12.4 Å². The molecule has 1 aromatic rings. The van der Waals surface area contributed by atoms with E-state index in [0.29, 0.717) is 18.0 Å². The minimum atomic E-state index is -3.46. The third-order valence-corrected chi connectivity index (χ3v) is 3.87. The van der Waals surface area contributed by atoms with Crippen molar-refractivity contribution in [1.82, 2.24) is 10.0 Å². The number of carbonyl (C=O) groups is 1. The van der Waals surface area contributed by atoms with Crippen LogP contribution in [0.3, 0.4) is 0 Å². The van der Waals surface area contributed by atoms with Gasteiger partial charge in [-0.15, -0.1) is 0 Å². The van der Waals surface area contributed by atoms with Gasteiger partial charge in [-0.25, -0.2) is 13.1 Å². The number of amides is 1. The van der Waals surface area contributed by atoms with Crippen molar-refractivity contribution >= 4 is 21.6 Å². The Morgan fingerprint density at radius 3 is 2.81 bits per heavy atom. The Hall–Kier alpha value is -1.80. The highest BCUT2D eigenvalue weighted by Gasteiger charge is 2.11. The van der Waals surface area contributed by atoms with E-state index < -0.39 is 10.0 Å². The normalized spacial score (nSPS) is 11.1. The van der Waals surface area contributed by atoms with Gasteiger partial charge in [-0.05, 0) is 19.1 Å². The standard InChI is InChI=1S/C13H21N3O4S/c1-2-15-13(17)6-7-16-21(18,19)9-8-20-12-5-3-4-11(14)10-12/h3-5,10,16H,2,6-9,14H2,1H3,(H,15,17). The van der Waals surface area contributed by atoms with Crippen LogP contribution < -0.4 is 20.5 Å². The van der Waals surface area contributed by atoms with Gasteiger partial charge >= 0.3 is 0 Å². The summed E-state index contributed by atoms with van der Waals surface area (Å²) in [5.41, 5.74) is 6.14. The van der Waals surface area contributed by atoms with Gasteiger partial charge in [-0.2, -0.15) is 0 Å². The van der Waals surface area contributed by atoms with Crippen LogP contribution in [-0.4, -0.2) is 39.8 Å². The molecule has 1 rings (SSSR count). The lowest BCUT2D eigenvalue weighted by atomic mass is 10.3. The molecule has 8 heteroatoms. The number of sulfonamides is 1. The minimum Gasteiger partial charge on any atom is -0.492 e. The van der Waals surface area contributed by atoms with E-state index >= 15 is 0 Å². The molecule has 0 aliphatic rings. The van der Waals surface area contributed by atoms with Crippen molar-refractivity contribution < 1.29 is 17.9 Å². The van der Waals surface area contributed by atoms with E-state index in [1.165, 1.54) is 0 Å². The predicted octanol–water partition coefficient (Wildman–Crippen LogP) is 0.0932. The second-order valence-corrected chi connectivity index (χ2v) is 6.26. The summed E-state index contributed by atoms with van der Waals surface area (Å²) in [6, 6.07) is 6.76. The number of ether oxygens (including phenoxy) is 1. The molecule has 0 aromatic heterocycles. The van der Waals surface area contributed by atoms with Crippen LogP contribution in [0.2, 0.25) is 0 Å². The molecule has 0 unspecified atom stereocenters. The molecule has 118 valence electrons. The fourth-order valence-electron chi connectivity index (χ4n) is 1.55. The molecule has 0 spiro atoms. The van der Waals surface area contributed by atoms with E-state index in [1.54, 1.807) is 31.2 Å². The summed E-state index contributed by atoms with van der Waals surface area (Å²) in [7, 11) is -3.46. The van der Waals surface area contributed by atoms with Crippen LogP contribution in [0.1, 0.15) is 13.3 Å². The average molecular weight is 315 g/mol. The van der Waals surface area contributed by atoms with Crippen molar-refractivity contribution in [2.75, 3.05) is 31.2 Å². The molecule has 1 aromatic carbocycles. The average Bonchev–Trinajstić information content (AvgIpc) is 2.38. The molecule has 0 saturated heterocycles. The van der Waals surface area contributed by atoms with Crippen molar-refractivity contribution in [3.8, 4) is 5.75 Å². The summed E-state index contributed by atoms with van der Waals surface area (Å²) < 4.78 is 31.0.